The third-order valence-corrected chi connectivity index (χ3v) is 3.30. The monoisotopic (exact) mass is 311 g/mol. The summed E-state index contributed by atoms with van der Waals surface area (Å²) in [4.78, 5) is 8.50. The lowest BCUT2D eigenvalue weighted by Gasteiger charge is -2.09. The van der Waals surface area contributed by atoms with Crippen LogP contribution in [0.5, 0.6) is 0 Å². The highest BCUT2D eigenvalue weighted by Crippen LogP contribution is 2.25. The van der Waals surface area contributed by atoms with Crippen LogP contribution < -0.4 is 0 Å². The van der Waals surface area contributed by atoms with Gasteiger partial charge >= 0.3 is 0 Å². The van der Waals surface area contributed by atoms with Crippen molar-refractivity contribution in [2.75, 3.05) is 0 Å². The summed E-state index contributed by atoms with van der Waals surface area (Å²) < 4.78 is 41.8. The fourth-order valence-electron chi connectivity index (χ4n) is 2.12. The maximum absolute atomic E-state index is 14.0. The molecule has 0 aliphatic heterocycles. The number of aromatic nitrogens is 3. The van der Waals surface area contributed by atoms with Gasteiger partial charge in [-0.2, -0.15) is 0 Å². The van der Waals surface area contributed by atoms with Crippen LogP contribution in [0.4, 0.5) is 13.2 Å². The number of fused-ring (bicyclic) bond motifs is 1. The van der Waals surface area contributed by atoms with Gasteiger partial charge in [-0.1, -0.05) is 0 Å². The zero-order valence-electron chi connectivity index (χ0n) is 10.9. The molecule has 2 heterocycles. The third kappa shape index (κ3) is 2.25. The van der Waals surface area contributed by atoms with Gasteiger partial charge in [0, 0.05) is 17.8 Å². The number of halogens is 4. The van der Waals surface area contributed by atoms with Gasteiger partial charge in [0.15, 0.2) is 17.3 Å². The number of benzene rings is 1. The van der Waals surface area contributed by atoms with Crippen LogP contribution in [0, 0.1) is 24.4 Å². The Morgan fingerprint density at radius 1 is 1.05 bits per heavy atom. The minimum atomic E-state index is -1.25. The summed E-state index contributed by atoms with van der Waals surface area (Å²) >= 11 is 5.82. The van der Waals surface area contributed by atoms with Gasteiger partial charge in [-0.05, 0) is 19.1 Å². The second-order valence-corrected chi connectivity index (χ2v) is 4.78. The maximum atomic E-state index is 14.0. The molecular formula is C14H9ClF3N3. The van der Waals surface area contributed by atoms with Crippen LogP contribution in [0.3, 0.4) is 0 Å². The lowest BCUT2D eigenvalue weighted by molar-refractivity contribution is 0.493. The Hall–Kier alpha value is -2.08. The van der Waals surface area contributed by atoms with Crippen molar-refractivity contribution < 1.29 is 13.2 Å². The lowest BCUT2D eigenvalue weighted by Crippen LogP contribution is -2.05. The third-order valence-electron chi connectivity index (χ3n) is 3.06. The van der Waals surface area contributed by atoms with E-state index in [1.807, 2.05) is 0 Å². The molecule has 0 amide bonds. The SMILES string of the molecule is Cc1ccc2nc(CCl)n(-c3cc(F)c(F)cc3F)c2n1. The van der Waals surface area contributed by atoms with E-state index < -0.39 is 17.5 Å². The zero-order chi connectivity index (χ0) is 15.1. The summed E-state index contributed by atoms with van der Waals surface area (Å²) in [6, 6.07) is 4.72. The van der Waals surface area contributed by atoms with Crippen molar-refractivity contribution in [3.8, 4) is 5.69 Å². The average Bonchev–Trinajstić information content (AvgIpc) is 2.80. The van der Waals surface area contributed by atoms with Crippen molar-refractivity contribution in [3.63, 3.8) is 0 Å². The maximum Gasteiger partial charge on any atom is 0.165 e. The van der Waals surface area contributed by atoms with Crippen LogP contribution in [0.2, 0.25) is 0 Å². The Morgan fingerprint density at radius 3 is 2.48 bits per heavy atom. The summed E-state index contributed by atoms with van der Waals surface area (Å²) in [7, 11) is 0. The smallest absolute Gasteiger partial charge is 0.165 e. The van der Waals surface area contributed by atoms with Crippen LogP contribution in [-0.4, -0.2) is 14.5 Å². The number of alkyl halides is 1. The number of hydrogen-bond donors (Lipinski definition) is 0. The predicted molar refractivity (Wildman–Crippen MR) is 73.0 cm³/mol. The summed E-state index contributed by atoms with van der Waals surface area (Å²) in [6.07, 6.45) is 0. The molecule has 108 valence electrons. The highest BCUT2D eigenvalue weighted by Gasteiger charge is 2.18. The first-order chi connectivity index (χ1) is 10.0. The molecule has 0 aliphatic carbocycles. The van der Waals surface area contributed by atoms with Crippen molar-refractivity contribution in [3.05, 3.63) is 53.2 Å². The highest BCUT2D eigenvalue weighted by molar-refractivity contribution is 6.16. The van der Waals surface area contributed by atoms with E-state index in [1.54, 1.807) is 19.1 Å². The molecule has 0 N–H and O–H groups in total. The van der Waals surface area contributed by atoms with Crippen LogP contribution in [0.25, 0.3) is 16.9 Å². The molecule has 2 aromatic heterocycles. The van der Waals surface area contributed by atoms with Crippen LogP contribution in [0.1, 0.15) is 11.5 Å². The molecule has 0 saturated heterocycles. The van der Waals surface area contributed by atoms with E-state index in [9.17, 15) is 13.2 Å². The summed E-state index contributed by atoms with van der Waals surface area (Å²) in [5.74, 6) is -3.04. The average molecular weight is 312 g/mol. The van der Waals surface area contributed by atoms with Gasteiger partial charge in [0.05, 0.1) is 11.6 Å². The predicted octanol–water partition coefficient (Wildman–Crippen LogP) is 3.89. The fraction of sp³-hybridized carbons (Fsp3) is 0.143. The van der Waals surface area contributed by atoms with Crippen molar-refractivity contribution in [2.24, 2.45) is 0 Å². The molecule has 0 unspecified atom stereocenters. The first-order valence-electron chi connectivity index (χ1n) is 6.07. The van der Waals surface area contributed by atoms with E-state index in [4.69, 9.17) is 11.6 Å². The highest BCUT2D eigenvalue weighted by atomic mass is 35.5. The van der Waals surface area contributed by atoms with Crippen LogP contribution in [0.15, 0.2) is 24.3 Å². The zero-order valence-corrected chi connectivity index (χ0v) is 11.6. The van der Waals surface area contributed by atoms with Crippen LogP contribution in [-0.2, 0) is 5.88 Å². The van der Waals surface area contributed by atoms with Gasteiger partial charge in [-0.3, -0.25) is 4.57 Å². The van der Waals surface area contributed by atoms with E-state index in [0.29, 0.717) is 28.7 Å². The van der Waals surface area contributed by atoms with Crippen LogP contribution >= 0.6 is 11.6 Å². The topological polar surface area (TPSA) is 30.7 Å². The molecule has 0 aliphatic rings. The molecule has 3 rings (SSSR count). The van der Waals surface area contributed by atoms with Gasteiger partial charge in [0.25, 0.3) is 0 Å². The molecule has 0 spiro atoms. The molecule has 3 aromatic rings. The van der Waals surface area contributed by atoms with E-state index >= 15 is 0 Å². The minimum Gasteiger partial charge on any atom is -0.277 e. The van der Waals surface area contributed by atoms with Gasteiger partial charge in [0.2, 0.25) is 0 Å². The molecule has 21 heavy (non-hydrogen) atoms. The second-order valence-electron chi connectivity index (χ2n) is 4.51. The normalized spacial score (nSPS) is 11.3. The Kier molecular flexibility index (Phi) is 3.33. The Labute approximate surface area is 123 Å². The Morgan fingerprint density at radius 2 is 1.76 bits per heavy atom. The first kappa shape index (κ1) is 13.9. The Bertz CT molecular complexity index is 845. The van der Waals surface area contributed by atoms with Crippen molar-refractivity contribution in [2.45, 2.75) is 12.8 Å². The number of rotatable bonds is 2. The van der Waals surface area contributed by atoms with E-state index in [1.165, 1.54) is 4.57 Å². The quantitative estimate of drug-likeness (QED) is 0.531. The minimum absolute atomic E-state index is 0.0200. The van der Waals surface area contributed by atoms with Crippen molar-refractivity contribution >= 4 is 22.8 Å². The summed E-state index contributed by atoms with van der Waals surface area (Å²) in [5, 5.41) is 0. The number of aryl methyl sites for hydroxylation is 1. The molecule has 1 aromatic carbocycles. The molecule has 0 saturated carbocycles. The molecule has 7 heteroatoms. The molecule has 0 atom stereocenters. The number of nitrogens with zero attached hydrogens (tertiary/aromatic N) is 3. The number of imidazole rings is 1. The van der Waals surface area contributed by atoms with Gasteiger partial charge < -0.3 is 0 Å². The molecular weight excluding hydrogens is 303 g/mol. The van der Waals surface area contributed by atoms with E-state index in [0.717, 1.165) is 6.07 Å². The standard InChI is InChI=1S/C14H9ClF3N3/c1-7-2-3-11-14(19-7)21(13(6-15)20-11)12-5-9(17)8(16)4-10(12)18/h2-5H,6H2,1H3. The fourth-order valence-corrected chi connectivity index (χ4v) is 2.30. The van der Waals surface area contributed by atoms with E-state index in [2.05, 4.69) is 9.97 Å². The largest absolute Gasteiger partial charge is 0.277 e. The first-order valence-corrected chi connectivity index (χ1v) is 6.60. The molecule has 0 fully saturated rings. The molecule has 3 nitrogen and oxygen atoms in total. The molecule has 0 radical (unpaired) electrons. The lowest BCUT2D eigenvalue weighted by atomic mass is 10.2. The van der Waals surface area contributed by atoms with Gasteiger partial charge in [-0.15, -0.1) is 11.6 Å². The van der Waals surface area contributed by atoms with Gasteiger partial charge in [0.1, 0.15) is 17.2 Å². The number of hydrogen-bond acceptors (Lipinski definition) is 2. The van der Waals surface area contributed by atoms with E-state index in [-0.39, 0.29) is 11.6 Å². The van der Waals surface area contributed by atoms with Gasteiger partial charge in [-0.25, -0.2) is 23.1 Å². The second kappa shape index (κ2) is 5.04. The summed E-state index contributed by atoms with van der Waals surface area (Å²) in [5.41, 5.74) is 1.36. The number of pyridine rings is 1. The molecule has 0 bridgehead atoms. The Balaban J connectivity index is 2.38. The van der Waals surface area contributed by atoms with Crippen molar-refractivity contribution in [1.29, 1.82) is 0 Å². The van der Waals surface area contributed by atoms with Crippen molar-refractivity contribution in [1.82, 2.24) is 14.5 Å². The summed E-state index contributed by atoms with van der Waals surface area (Å²) in [6.45, 7) is 1.76.